The summed E-state index contributed by atoms with van der Waals surface area (Å²) in [4.78, 5) is 4.16. The van der Waals surface area contributed by atoms with Crippen molar-refractivity contribution < 1.29 is 5.11 Å². The van der Waals surface area contributed by atoms with Crippen LogP contribution in [-0.2, 0) is 0 Å². The quantitative estimate of drug-likeness (QED) is 0.348. The molecule has 5 rings (SSSR count). The highest BCUT2D eigenvalue weighted by molar-refractivity contribution is 8.14. The molecule has 0 spiro atoms. The zero-order valence-electron chi connectivity index (χ0n) is 17.4. The summed E-state index contributed by atoms with van der Waals surface area (Å²) in [5, 5.41) is 21.5. The Balaban J connectivity index is 1.54. The van der Waals surface area contributed by atoms with E-state index in [1.54, 1.807) is 0 Å². The summed E-state index contributed by atoms with van der Waals surface area (Å²) in [5.41, 5.74) is 6.48. The largest absolute Gasteiger partial charge is 0.512 e. The average molecular weight is 436 g/mol. The van der Waals surface area contributed by atoms with Crippen LogP contribution >= 0.6 is 11.8 Å². The molecule has 4 aromatic rings. The third-order valence-corrected chi connectivity index (χ3v) is 6.41. The molecular weight excluding hydrogens is 414 g/mol. The predicted octanol–water partition coefficient (Wildman–Crippen LogP) is 6.88. The van der Waals surface area contributed by atoms with Crippen molar-refractivity contribution in [3.63, 3.8) is 0 Å². The van der Waals surface area contributed by atoms with E-state index in [-0.39, 0.29) is 5.76 Å². The van der Waals surface area contributed by atoms with Gasteiger partial charge in [-0.15, -0.1) is 16.9 Å². The van der Waals surface area contributed by atoms with E-state index < -0.39 is 0 Å². The SMILES string of the molecule is C=C(O)CSC1=NN=C(c2cc(-c3ccncc3)cc(-c3ccc4ccccc4c3)c2)C1. The van der Waals surface area contributed by atoms with E-state index in [1.165, 1.54) is 22.5 Å². The number of nitrogens with zero attached hydrogens (tertiary/aromatic N) is 3. The fourth-order valence-electron chi connectivity index (χ4n) is 3.78. The standard InChI is InChI=1S/C27H21N3OS/c1-18(31)17-32-27-16-26(29-30-27)25-14-23(20-8-10-28-11-9-20)13-24(15-25)22-7-6-19-4-2-3-5-21(19)12-22/h2-15,31H,1,16-17H2. The molecule has 1 aliphatic rings. The monoisotopic (exact) mass is 435 g/mol. The van der Waals surface area contributed by atoms with E-state index in [2.05, 4.69) is 82.4 Å². The molecule has 5 heteroatoms. The van der Waals surface area contributed by atoms with Gasteiger partial charge in [-0.05, 0) is 75.0 Å². The molecule has 1 N–H and O–H groups in total. The first-order valence-corrected chi connectivity index (χ1v) is 11.3. The number of aliphatic hydroxyl groups excluding tert-OH is 1. The van der Waals surface area contributed by atoms with Crippen LogP contribution < -0.4 is 0 Å². The molecule has 156 valence electrons. The average Bonchev–Trinajstić information content (AvgIpc) is 3.32. The zero-order chi connectivity index (χ0) is 21.9. The van der Waals surface area contributed by atoms with Gasteiger partial charge in [0.05, 0.1) is 17.2 Å². The lowest BCUT2D eigenvalue weighted by Crippen LogP contribution is -2.03. The maximum absolute atomic E-state index is 9.38. The minimum atomic E-state index is 0.143. The molecular formula is C27H21N3OS. The van der Waals surface area contributed by atoms with Gasteiger partial charge in [0.25, 0.3) is 0 Å². The minimum Gasteiger partial charge on any atom is -0.512 e. The molecule has 1 aliphatic heterocycles. The second-order valence-electron chi connectivity index (χ2n) is 7.67. The first-order valence-electron chi connectivity index (χ1n) is 10.3. The van der Waals surface area contributed by atoms with Crippen molar-refractivity contribution in [2.24, 2.45) is 10.2 Å². The fourth-order valence-corrected chi connectivity index (χ4v) is 4.45. The van der Waals surface area contributed by atoms with Crippen LogP contribution in [0.3, 0.4) is 0 Å². The number of fused-ring (bicyclic) bond motifs is 1. The second kappa shape index (κ2) is 8.81. The molecule has 0 atom stereocenters. The van der Waals surface area contributed by atoms with Crippen molar-refractivity contribution in [2.45, 2.75) is 6.42 Å². The van der Waals surface area contributed by atoms with Gasteiger partial charge >= 0.3 is 0 Å². The van der Waals surface area contributed by atoms with Crippen molar-refractivity contribution in [3.05, 3.63) is 103 Å². The van der Waals surface area contributed by atoms with Gasteiger partial charge in [-0.1, -0.05) is 43.0 Å². The van der Waals surface area contributed by atoms with Gasteiger partial charge in [-0.25, -0.2) is 0 Å². The number of aliphatic hydroxyl groups is 1. The zero-order valence-corrected chi connectivity index (χ0v) is 18.2. The fraction of sp³-hybridized carbons (Fsp3) is 0.0741. The molecule has 0 aliphatic carbocycles. The normalized spacial score (nSPS) is 13.1. The van der Waals surface area contributed by atoms with Gasteiger partial charge in [0, 0.05) is 18.8 Å². The van der Waals surface area contributed by atoms with Crippen LogP contribution in [0.15, 0.2) is 108 Å². The van der Waals surface area contributed by atoms with Crippen molar-refractivity contribution in [1.82, 2.24) is 4.98 Å². The Morgan fingerprint density at radius 1 is 0.781 bits per heavy atom. The molecule has 0 radical (unpaired) electrons. The summed E-state index contributed by atoms with van der Waals surface area (Å²) in [6.07, 6.45) is 4.27. The summed E-state index contributed by atoms with van der Waals surface area (Å²) >= 11 is 1.47. The van der Waals surface area contributed by atoms with Gasteiger partial charge in [-0.2, -0.15) is 5.10 Å². The van der Waals surface area contributed by atoms with E-state index in [0.717, 1.165) is 38.6 Å². The summed E-state index contributed by atoms with van der Waals surface area (Å²) in [6.45, 7) is 3.54. The summed E-state index contributed by atoms with van der Waals surface area (Å²) < 4.78 is 0. The summed E-state index contributed by atoms with van der Waals surface area (Å²) in [6, 6.07) is 25.5. The van der Waals surface area contributed by atoms with Gasteiger partial charge in [0.15, 0.2) is 0 Å². The van der Waals surface area contributed by atoms with Crippen molar-refractivity contribution >= 4 is 33.3 Å². The predicted molar refractivity (Wildman–Crippen MR) is 135 cm³/mol. The Morgan fingerprint density at radius 2 is 1.50 bits per heavy atom. The second-order valence-corrected chi connectivity index (χ2v) is 8.72. The maximum Gasteiger partial charge on any atom is 0.102 e. The van der Waals surface area contributed by atoms with Crippen LogP contribution in [-0.4, -0.2) is 26.6 Å². The Hall–Kier alpha value is -3.70. The van der Waals surface area contributed by atoms with Gasteiger partial charge in [0.2, 0.25) is 0 Å². The molecule has 3 aromatic carbocycles. The summed E-state index contributed by atoms with van der Waals surface area (Å²) in [7, 11) is 0. The topological polar surface area (TPSA) is 57.8 Å². The molecule has 0 fully saturated rings. The molecule has 0 unspecified atom stereocenters. The number of hydrogen-bond donors (Lipinski definition) is 1. The lowest BCUT2D eigenvalue weighted by Gasteiger charge is -2.11. The Labute approximate surface area is 191 Å². The Morgan fingerprint density at radius 3 is 2.28 bits per heavy atom. The van der Waals surface area contributed by atoms with Crippen molar-refractivity contribution in [2.75, 3.05) is 5.75 Å². The molecule has 1 aromatic heterocycles. The first kappa shape index (κ1) is 20.2. The first-order chi connectivity index (χ1) is 15.7. The summed E-state index contributed by atoms with van der Waals surface area (Å²) in [5.74, 6) is 0.575. The lowest BCUT2D eigenvalue weighted by molar-refractivity contribution is 0.420. The number of thioether (sulfide) groups is 1. The third-order valence-electron chi connectivity index (χ3n) is 5.37. The molecule has 0 amide bonds. The smallest absolute Gasteiger partial charge is 0.102 e. The van der Waals surface area contributed by atoms with Crippen LogP contribution in [0.4, 0.5) is 0 Å². The van der Waals surface area contributed by atoms with E-state index in [4.69, 9.17) is 0 Å². The molecule has 0 bridgehead atoms. The van der Waals surface area contributed by atoms with Crippen LogP contribution in [0.25, 0.3) is 33.0 Å². The molecule has 4 nitrogen and oxygen atoms in total. The highest BCUT2D eigenvalue weighted by atomic mass is 32.2. The lowest BCUT2D eigenvalue weighted by atomic mass is 9.93. The molecule has 32 heavy (non-hydrogen) atoms. The number of hydrogen-bond acceptors (Lipinski definition) is 5. The number of benzene rings is 3. The van der Waals surface area contributed by atoms with E-state index in [9.17, 15) is 5.11 Å². The van der Waals surface area contributed by atoms with Crippen LogP contribution in [0.5, 0.6) is 0 Å². The number of pyridine rings is 1. The Bertz CT molecular complexity index is 1380. The molecule has 0 saturated heterocycles. The molecule has 2 heterocycles. The maximum atomic E-state index is 9.38. The van der Waals surface area contributed by atoms with Crippen molar-refractivity contribution in [1.29, 1.82) is 0 Å². The van der Waals surface area contributed by atoms with Gasteiger partial charge < -0.3 is 5.11 Å². The van der Waals surface area contributed by atoms with Crippen molar-refractivity contribution in [3.8, 4) is 22.3 Å². The number of aromatic nitrogens is 1. The van der Waals surface area contributed by atoms with Crippen LogP contribution in [0.1, 0.15) is 12.0 Å². The molecule has 0 saturated carbocycles. The highest BCUT2D eigenvalue weighted by Crippen LogP contribution is 2.32. The number of rotatable bonds is 5. The highest BCUT2D eigenvalue weighted by Gasteiger charge is 2.17. The van der Waals surface area contributed by atoms with E-state index in [1.807, 2.05) is 24.5 Å². The van der Waals surface area contributed by atoms with E-state index in [0.29, 0.717) is 12.2 Å². The van der Waals surface area contributed by atoms with Gasteiger partial charge in [0.1, 0.15) is 5.04 Å². The van der Waals surface area contributed by atoms with Crippen LogP contribution in [0, 0.1) is 0 Å². The third kappa shape index (κ3) is 4.34. The minimum absolute atomic E-state index is 0.143. The van der Waals surface area contributed by atoms with E-state index >= 15 is 0 Å². The van der Waals surface area contributed by atoms with Crippen LogP contribution in [0.2, 0.25) is 0 Å². The Kier molecular flexibility index (Phi) is 5.57. The van der Waals surface area contributed by atoms with Gasteiger partial charge in [-0.3, -0.25) is 4.98 Å².